The van der Waals surface area contributed by atoms with Crippen molar-refractivity contribution >= 4 is 0 Å². The van der Waals surface area contributed by atoms with E-state index in [0.29, 0.717) is 5.41 Å². The van der Waals surface area contributed by atoms with E-state index in [2.05, 4.69) is 41.5 Å². The highest BCUT2D eigenvalue weighted by Gasteiger charge is 2.25. The van der Waals surface area contributed by atoms with E-state index in [1.165, 1.54) is 32.1 Å². The minimum absolute atomic E-state index is 0.585. The first-order chi connectivity index (χ1) is 6.52. The normalized spacial score (nSPS) is 14.8. The van der Waals surface area contributed by atoms with Crippen LogP contribution in [0, 0.1) is 17.3 Å². The lowest BCUT2D eigenvalue weighted by molar-refractivity contribution is 0.182. The summed E-state index contributed by atoms with van der Waals surface area (Å²) in [6.07, 6.45) is 6.76. The molecule has 1 atom stereocenters. The summed E-state index contributed by atoms with van der Waals surface area (Å²) in [5, 5.41) is 0. The molecule has 0 bridgehead atoms. The smallest absolute Gasteiger partial charge is 0.0328 e. The summed E-state index contributed by atoms with van der Waals surface area (Å²) in [6, 6.07) is 0. The molecular weight excluding hydrogens is 168 g/mol. The first-order valence-corrected chi connectivity index (χ1v) is 6.52. The first-order valence-electron chi connectivity index (χ1n) is 6.52. The van der Waals surface area contributed by atoms with E-state index in [-0.39, 0.29) is 0 Å². The zero-order valence-electron chi connectivity index (χ0n) is 11.2. The third-order valence-corrected chi connectivity index (χ3v) is 4.38. The van der Waals surface area contributed by atoms with Crippen molar-refractivity contribution in [1.29, 1.82) is 0 Å². The molecule has 0 heteroatoms. The quantitative estimate of drug-likeness (QED) is 0.522. The molecule has 0 spiro atoms. The van der Waals surface area contributed by atoms with E-state index < -0.39 is 0 Å². The topological polar surface area (TPSA) is 0 Å². The molecule has 0 heterocycles. The van der Waals surface area contributed by atoms with Crippen molar-refractivity contribution in [1.82, 2.24) is 0 Å². The van der Waals surface area contributed by atoms with Crippen LogP contribution in [0.4, 0.5) is 0 Å². The fourth-order valence-corrected chi connectivity index (χ4v) is 2.58. The van der Waals surface area contributed by atoms with Crippen molar-refractivity contribution in [3.05, 3.63) is 0 Å². The largest absolute Gasteiger partial charge is 0.0651 e. The maximum atomic E-state index is 2.45. The molecular formula is C14H30. The van der Waals surface area contributed by atoms with Gasteiger partial charge in [0.15, 0.2) is 0 Å². The van der Waals surface area contributed by atoms with Gasteiger partial charge in [0.05, 0.1) is 0 Å². The zero-order valence-corrected chi connectivity index (χ0v) is 11.2. The fourth-order valence-electron chi connectivity index (χ4n) is 2.58. The van der Waals surface area contributed by atoms with Gasteiger partial charge in [-0.3, -0.25) is 0 Å². The van der Waals surface area contributed by atoms with Crippen molar-refractivity contribution in [2.75, 3.05) is 0 Å². The van der Waals surface area contributed by atoms with Crippen LogP contribution in [0.3, 0.4) is 0 Å². The first kappa shape index (κ1) is 14.0. The molecule has 1 unspecified atom stereocenters. The number of hydrogen-bond donors (Lipinski definition) is 0. The van der Waals surface area contributed by atoms with Crippen LogP contribution >= 0.6 is 0 Å². The molecule has 0 aromatic heterocycles. The van der Waals surface area contributed by atoms with Crippen molar-refractivity contribution < 1.29 is 0 Å². The molecule has 0 aliphatic rings. The van der Waals surface area contributed by atoms with Crippen LogP contribution in [0.2, 0.25) is 0 Å². The Hall–Kier alpha value is 0. The van der Waals surface area contributed by atoms with Crippen LogP contribution in [0.25, 0.3) is 0 Å². The van der Waals surface area contributed by atoms with Gasteiger partial charge >= 0.3 is 0 Å². The second-order valence-electron chi connectivity index (χ2n) is 5.28. The van der Waals surface area contributed by atoms with Crippen molar-refractivity contribution in [2.24, 2.45) is 17.3 Å². The minimum atomic E-state index is 0.585. The zero-order chi connectivity index (χ0) is 11.2. The Morgan fingerprint density at radius 3 is 1.64 bits per heavy atom. The molecule has 0 aliphatic carbocycles. The molecule has 0 fully saturated rings. The lowest BCUT2D eigenvalue weighted by atomic mass is 9.73. The summed E-state index contributed by atoms with van der Waals surface area (Å²) in [7, 11) is 0. The summed E-state index contributed by atoms with van der Waals surface area (Å²) >= 11 is 0. The van der Waals surface area contributed by atoms with E-state index in [1.54, 1.807) is 0 Å². The van der Waals surface area contributed by atoms with Gasteiger partial charge in [-0.15, -0.1) is 0 Å². The van der Waals surface area contributed by atoms with Crippen LogP contribution < -0.4 is 0 Å². The van der Waals surface area contributed by atoms with E-state index in [1.807, 2.05) is 0 Å². The number of rotatable bonds is 7. The van der Waals surface area contributed by atoms with Crippen LogP contribution in [-0.2, 0) is 0 Å². The third kappa shape index (κ3) is 4.02. The van der Waals surface area contributed by atoms with Gasteiger partial charge in [0.1, 0.15) is 0 Å². The second kappa shape index (κ2) is 6.48. The Kier molecular flexibility index (Phi) is 6.48. The Balaban J connectivity index is 4.20. The predicted molar refractivity (Wildman–Crippen MR) is 66.5 cm³/mol. The van der Waals surface area contributed by atoms with E-state index in [9.17, 15) is 0 Å². The molecule has 0 aliphatic heterocycles. The maximum Gasteiger partial charge on any atom is -0.0328 e. The Morgan fingerprint density at radius 2 is 1.36 bits per heavy atom. The van der Waals surface area contributed by atoms with Gasteiger partial charge in [0, 0.05) is 0 Å². The van der Waals surface area contributed by atoms with Crippen LogP contribution in [0.1, 0.15) is 73.6 Å². The average Bonchev–Trinajstić information content (AvgIpc) is 2.19. The van der Waals surface area contributed by atoms with Gasteiger partial charge < -0.3 is 0 Å². The summed E-state index contributed by atoms with van der Waals surface area (Å²) in [5.74, 6) is 1.84. The molecule has 0 saturated carbocycles. The second-order valence-corrected chi connectivity index (χ2v) is 5.28. The standard InChI is InChI=1S/C14H30/c1-7-13(8-2)12(5)11-14(6,9-3)10-4/h12-13H,7-11H2,1-6H3. The molecule has 0 saturated heterocycles. The van der Waals surface area contributed by atoms with E-state index in [0.717, 1.165) is 11.8 Å². The monoisotopic (exact) mass is 198 g/mol. The Labute approximate surface area is 91.5 Å². The van der Waals surface area contributed by atoms with Crippen LogP contribution in [-0.4, -0.2) is 0 Å². The SMILES string of the molecule is CCC(CC)C(C)CC(C)(CC)CC. The summed E-state index contributed by atoms with van der Waals surface area (Å²) in [4.78, 5) is 0. The Bertz CT molecular complexity index is 129. The van der Waals surface area contributed by atoms with Crippen LogP contribution in [0.5, 0.6) is 0 Å². The highest BCUT2D eigenvalue weighted by molar-refractivity contribution is 4.76. The molecule has 0 radical (unpaired) electrons. The highest BCUT2D eigenvalue weighted by atomic mass is 14.3. The molecule has 86 valence electrons. The van der Waals surface area contributed by atoms with Gasteiger partial charge in [-0.25, -0.2) is 0 Å². The average molecular weight is 198 g/mol. The van der Waals surface area contributed by atoms with Gasteiger partial charge in [-0.1, -0.05) is 67.2 Å². The highest BCUT2D eigenvalue weighted by Crippen LogP contribution is 2.37. The van der Waals surface area contributed by atoms with Crippen LogP contribution in [0.15, 0.2) is 0 Å². The van der Waals surface area contributed by atoms with Gasteiger partial charge in [-0.2, -0.15) is 0 Å². The fraction of sp³-hybridized carbons (Fsp3) is 1.00. The lowest BCUT2D eigenvalue weighted by Gasteiger charge is -2.33. The molecule has 0 rings (SSSR count). The molecule has 0 aromatic carbocycles. The number of hydrogen-bond acceptors (Lipinski definition) is 0. The molecule has 0 aromatic rings. The summed E-state index contributed by atoms with van der Waals surface area (Å²) in [6.45, 7) is 14.2. The third-order valence-electron chi connectivity index (χ3n) is 4.38. The molecule has 0 N–H and O–H groups in total. The maximum absolute atomic E-state index is 2.45. The minimum Gasteiger partial charge on any atom is -0.0651 e. The summed E-state index contributed by atoms with van der Waals surface area (Å²) < 4.78 is 0. The van der Waals surface area contributed by atoms with Gasteiger partial charge in [0.2, 0.25) is 0 Å². The molecule has 0 nitrogen and oxygen atoms in total. The summed E-state index contributed by atoms with van der Waals surface area (Å²) in [5.41, 5.74) is 0.585. The van der Waals surface area contributed by atoms with Crippen molar-refractivity contribution in [2.45, 2.75) is 73.6 Å². The predicted octanol–water partition coefficient (Wildman–Crippen LogP) is 5.28. The van der Waals surface area contributed by atoms with E-state index in [4.69, 9.17) is 0 Å². The van der Waals surface area contributed by atoms with Gasteiger partial charge in [0.25, 0.3) is 0 Å². The lowest BCUT2D eigenvalue weighted by Crippen LogP contribution is -2.22. The van der Waals surface area contributed by atoms with Crippen molar-refractivity contribution in [3.8, 4) is 0 Å². The molecule has 14 heavy (non-hydrogen) atoms. The molecule has 0 amide bonds. The van der Waals surface area contributed by atoms with Crippen molar-refractivity contribution in [3.63, 3.8) is 0 Å². The van der Waals surface area contributed by atoms with E-state index >= 15 is 0 Å². The Morgan fingerprint density at radius 1 is 0.929 bits per heavy atom. The van der Waals surface area contributed by atoms with Gasteiger partial charge in [-0.05, 0) is 23.7 Å².